The van der Waals surface area contributed by atoms with Gasteiger partial charge in [-0.1, -0.05) is 0 Å². The van der Waals surface area contributed by atoms with E-state index < -0.39 is 0 Å². The number of anilines is 1. The molecule has 2 aliphatic rings. The fourth-order valence-electron chi connectivity index (χ4n) is 4.10. The van der Waals surface area contributed by atoms with E-state index in [1.807, 2.05) is 16.7 Å². The third-order valence-electron chi connectivity index (χ3n) is 5.98. The number of rotatable bonds is 5. The first-order valence-electron chi connectivity index (χ1n) is 10.5. The van der Waals surface area contributed by atoms with Gasteiger partial charge in [0.25, 0.3) is 11.1 Å². The Hall–Kier alpha value is -3.29. The van der Waals surface area contributed by atoms with Crippen LogP contribution in [0.4, 0.5) is 5.82 Å². The molecule has 1 saturated heterocycles. The van der Waals surface area contributed by atoms with Crippen molar-refractivity contribution in [1.82, 2.24) is 24.3 Å². The topological polar surface area (TPSA) is 85.9 Å². The quantitative estimate of drug-likeness (QED) is 0.647. The van der Waals surface area contributed by atoms with E-state index in [0.29, 0.717) is 24.3 Å². The maximum Gasteiger partial charge on any atom is 0.293 e. The second-order valence-electron chi connectivity index (χ2n) is 8.10. The van der Waals surface area contributed by atoms with Gasteiger partial charge in [0, 0.05) is 62.1 Å². The van der Waals surface area contributed by atoms with Gasteiger partial charge in [-0.05, 0) is 49.8 Å². The summed E-state index contributed by atoms with van der Waals surface area (Å²) < 4.78 is 3.39. The van der Waals surface area contributed by atoms with Gasteiger partial charge in [0.2, 0.25) is 0 Å². The van der Waals surface area contributed by atoms with Crippen LogP contribution in [0.15, 0.2) is 58.6 Å². The molecule has 1 aliphatic carbocycles. The van der Waals surface area contributed by atoms with Crippen LogP contribution in [0.3, 0.4) is 0 Å². The molecule has 3 aromatic rings. The van der Waals surface area contributed by atoms with Crippen LogP contribution in [0.1, 0.15) is 31.7 Å². The van der Waals surface area contributed by atoms with Crippen molar-refractivity contribution in [3.05, 3.63) is 69.8 Å². The van der Waals surface area contributed by atoms with Crippen LogP contribution in [0.25, 0.3) is 11.3 Å². The molecule has 0 N–H and O–H groups in total. The Labute approximate surface area is 173 Å². The van der Waals surface area contributed by atoms with Gasteiger partial charge < -0.3 is 9.47 Å². The highest BCUT2D eigenvalue weighted by Crippen LogP contribution is 2.33. The first-order chi connectivity index (χ1) is 14.7. The van der Waals surface area contributed by atoms with Crippen LogP contribution in [-0.4, -0.2) is 37.4 Å². The lowest BCUT2D eigenvalue weighted by Gasteiger charge is -2.32. The molecule has 30 heavy (non-hydrogen) atoms. The lowest BCUT2D eigenvalue weighted by atomic mass is 9.97. The summed E-state index contributed by atoms with van der Waals surface area (Å²) in [7, 11) is 0. The normalized spacial score (nSPS) is 17.3. The summed E-state index contributed by atoms with van der Waals surface area (Å²) in [6.45, 7) is 2.11. The maximum absolute atomic E-state index is 12.7. The number of hydrogen-bond donors (Lipinski definition) is 0. The predicted octanol–water partition coefficient (Wildman–Crippen LogP) is 2.11. The molecule has 0 bridgehead atoms. The number of piperidine rings is 1. The smallest absolute Gasteiger partial charge is 0.293 e. The zero-order valence-electron chi connectivity index (χ0n) is 16.7. The van der Waals surface area contributed by atoms with E-state index in [9.17, 15) is 9.59 Å². The first kappa shape index (κ1) is 18.7. The molecule has 8 nitrogen and oxygen atoms in total. The molecular weight excluding hydrogens is 380 g/mol. The highest BCUT2D eigenvalue weighted by atomic mass is 16.1. The summed E-state index contributed by atoms with van der Waals surface area (Å²) in [6, 6.07) is 7.45. The van der Waals surface area contributed by atoms with E-state index in [1.165, 1.54) is 0 Å². The van der Waals surface area contributed by atoms with Crippen molar-refractivity contribution < 1.29 is 0 Å². The van der Waals surface area contributed by atoms with Gasteiger partial charge in [0.15, 0.2) is 5.82 Å². The molecular formula is C22H24N6O2. The summed E-state index contributed by atoms with van der Waals surface area (Å²) in [5.74, 6) is 0.895. The molecule has 1 aliphatic heterocycles. The highest BCUT2D eigenvalue weighted by Gasteiger charge is 2.28. The van der Waals surface area contributed by atoms with Gasteiger partial charge in [-0.25, -0.2) is 9.67 Å². The summed E-state index contributed by atoms with van der Waals surface area (Å²) in [4.78, 5) is 35.6. The van der Waals surface area contributed by atoms with Gasteiger partial charge in [-0.15, -0.1) is 0 Å². The van der Waals surface area contributed by atoms with Crippen LogP contribution in [0, 0.1) is 5.92 Å². The van der Waals surface area contributed by atoms with Gasteiger partial charge >= 0.3 is 0 Å². The molecule has 0 amide bonds. The highest BCUT2D eigenvalue weighted by molar-refractivity contribution is 5.57. The minimum Gasteiger partial charge on any atom is -0.352 e. The Morgan fingerprint density at radius 2 is 1.70 bits per heavy atom. The summed E-state index contributed by atoms with van der Waals surface area (Å²) in [5, 5.41) is 4.56. The fraction of sp³-hybridized carbons (Fsp3) is 0.409. The second-order valence-corrected chi connectivity index (χ2v) is 8.10. The number of aromatic nitrogens is 5. The Morgan fingerprint density at radius 1 is 0.933 bits per heavy atom. The van der Waals surface area contributed by atoms with Crippen molar-refractivity contribution in [2.75, 3.05) is 18.0 Å². The Bertz CT molecular complexity index is 1140. The Morgan fingerprint density at radius 3 is 2.43 bits per heavy atom. The van der Waals surface area contributed by atoms with Crippen molar-refractivity contribution in [3.63, 3.8) is 0 Å². The Kier molecular flexibility index (Phi) is 4.90. The number of nitrogens with zero attached hydrogens (tertiary/aromatic N) is 6. The van der Waals surface area contributed by atoms with Crippen LogP contribution in [-0.2, 0) is 6.54 Å². The lowest BCUT2D eigenvalue weighted by molar-refractivity contribution is 0.334. The molecule has 0 spiro atoms. The van der Waals surface area contributed by atoms with E-state index >= 15 is 0 Å². The molecule has 0 unspecified atom stereocenters. The van der Waals surface area contributed by atoms with E-state index in [4.69, 9.17) is 0 Å². The Balaban J connectivity index is 1.28. The monoisotopic (exact) mass is 404 g/mol. The zero-order chi connectivity index (χ0) is 20.5. The maximum atomic E-state index is 12.7. The van der Waals surface area contributed by atoms with E-state index in [1.54, 1.807) is 41.6 Å². The van der Waals surface area contributed by atoms with E-state index in [2.05, 4.69) is 20.0 Å². The summed E-state index contributed by atoms with van der Waals surface area (Å²) >= 11 is 0. The average Bonchev–Trinajstić information content (AvgIpc) is 3.62. The van der Waals surface area contributed by atoms with E-state index in [-0.39, 0.29) is 11.1 Å². The van der Waals surface area contributed by atoms with Crippen LogP contribution in [0.2, 0.25) is 0 Å². The molecule has 154 valence electrons. The van der Waals surface area contributed by atoms with Crippen LogP contribution in [0.5, 0.6) is 0 Å². The minimum atomic E-state index is -0.0905. The van der Waals surface area contributed by atoms with Gasteiger partial charge in [-0.2, -0.15) is 5.10 Å². The standard InChI is InChI=1S/C22H24N6O2/c29-20-4-3-19(17-5-9-23-10-6-17)25-28(20)15-16-7-12-26(13-8-16)21-22(30)27(14-11-24-21)18-1-2-18/h3-6,9-11,14,16,18H,1-2,7-8,12-13,15H2. The SMILES string of the molecule is O=c1c(N2CCC(Cn3nc(-c4ccncc4)ccc3=O)CC2)nccn1C1CC1. The largest absolute Gasteiger partial charge is 0.352 e. The van der Waals surface area contributed by atoms with Crippen molar-refractivity contribution >= 4 is 5.82 Å². The van der Waals surface area contributed by atoms with Crippen molar-refractivity contribution in [1.29, 1.82) is 0 Å². The molecule has 3 aromatic heterocycles. The first-order valence-corrected chi connectivity index (χ1v) is 10.5. The third kappa shape index (κ3) is 3.77. The molecule has 0 atom stereocenters. The van der Waals surface area contributed by atoms with Crippen molar-refractivity contribution in [2.45, 2.75) is 38.3 Å². The third-order valence-corrected chi connectivity index (χ3v) is 5.98. The van der Waals surface area contributed by atoms with Crippen molar-refractivity contribution in [3.8, 4) is 11.3 Å². The van der Waals surface area contributed by atoms with Gasteiger partial charge in [-0.3, -0.25) is 14.6 Å². The molecule has 0 aromatic carbocycles. The fourth-order valence-corrected chi connectivity index (χ4v) is 4.10. The van der Waals surface area contributed by atoms with Gasteiger partial charge in [0.05, 0.1) is 5.69 Å². The van der Waals surface area contributed by atoms with Crippen LogP contribution < -0.4 is 16.0 Å². The molecule has 1 saturated carbocycles. The lowest BCUT2D eigenvalue weighted by Crippen LogP contribution is -2.40. The van der Waals surface area contributed by atoms with Crippen molar-refractivity contribution in [2.24, 2.45) is 5.92 Å². The molecule has 0 radical (unpaired) electrons. The van der Waals surface area contributed by atoms with Crippen LogP contribution >= 0.6 is 0 Å². The van der Waals surface area contributed by atoms with E-state index in [0.717, 1.165) is 50.0 Å². The summed E-state index contributed by atoms with van der Waals surface area (Å²) in [5.41, 5.74) is 1.63. The summed E-state index contributed by atoms with van der Waals surface area (Å²) in [6.07, 6.45) is 10.9. The number of pyridine rings is 1. The zero-order valence-corrected chi connectivity index (χ0v) is 16.7. The molecule has 4 heterocycles. The predicted molar refractivity (Wildman–Crippen MR) is 113 cm³/mol. The molecule has 5 rings (SSSR count). The van der Waals surface area contributed by atoms with Gasteiger partial charge in [0.1, 0.15) is 0 Å². The minimum absolute atomic E-state index is 0.0152. The molecule has 2 fully saturated rings. The average molecular weight is 404 g/mol. The number of hydrogen-bond acceptors (Lipinski definition) is 6. The second kappa shape index (κ2) is 7.85. The molecule has 8 heteroatoms.